The maximum Gasteiger partial charge on any atom is 0.419 e. The summed E-state index contributed by atoms with van der Waals surface area (Å²) < 4.78 is 40.3. The number of imidazole rings is 1. The lowest BCUT2D eigenvalue weighted by atomic mass is 10.1. The van der Waals surface area contributed by atoms with Gasteiger partial charge in [0.2, 0.25) is 17.8 Å². The smallest absolute Gasteiger partial charge is 0.350 e. The molecule has 11 heteroatoms. The molecule has 1 aliphatic rings. The first kappa shape index (κ1) is 23.5. The number of nitrogens with one attached hydrogen (secondary N) is 2. The van der Waals surface area contributed by atoms with Crippen molar-refractivity contribution in [3.63, 3.8) is 0 Å². The Morgan fingerprint density at radius 2 is 2.03 bits per heavy atom. The molecule has 8 nitrogen and oxygen atoms in total. The Balaban J connectivity index is 1.54. The van der Waals surface area contributed by atoms with Gasteiger partial charge in [-0.15, -0.1) is 0 Å². The SMILES string of the molecule is C=CC(=O)Nc1cc2nc(N3CCC[C@@H](Nc4ncc(C(F)(F)F)cn4)C3)n(C)c2cc1CC. The van der Waals surface area contributed by atoms with E-state index in [4.69, 9.17) is 4.98 Å². The average Bonchev–Trinajstić information content (AvgIpc) is 3.13. The van der Waals surface area contributed by atoms with E-state index >= 15 is 0 Å². The van der Waals surface area contributed by atoms with Crippen LogP contribution in [0.2, 0.25) is 0 Å². The van der Waals surface area contributed by atoms with E-state index in [0.717, 1.165) is 60.7 Å². The third kappa shape index (κ3) is 4.82. The molecule has 180 valence electrons. The van der Waals surface area contributed by atoms with Crippen molar-refractivity contribution in [1.29, 1.82) is 0 Å². The fourth-order valence-electron chi connectivity index (χ4n) is 4.15. The quantitative estimate of drug-likeness (QED) is 0.523. The van der Waals surface area contributed by atoms with E-state index in [1.54, 1.807) is 0 Å². The number of nitrogens with zero attached hydrogens (tertiary/aromatic N) is 5. The molecule has 0 spiro atoms. The minimum atomic E-state index is -4.47. The molecule has 3 heterocycles. The first-order valence-corrected chi connectivity index (χ1v) is 11.0. The highest BCUT2D eigenvalue weighted by molar-refractivity contribution is 6.01. The van der Waals surface area contributed by atoms with Crippen LogP contribution in [0.25, 0.3) is 11.0 Å². The number of benzene rings is 1. The number of anilines is 3. The van der Waals surface area contributed by atoms with Crippen LogP contribution in [-0.4, -0.2) is 44.6 Å². The van der Waals surface area contributed by atoms with Crippen molar-refractivity contribution in [1.82, 2.24) is 19.5 Å². The molecule has 0 unspecified atom stereocenters. The Morgan fingerprint density at radius 1 is 1.29 bits per heavy atom. The molecular formula is C23H26F3N7O. The van der Waals surface area contributed by atoms with E-state index in [-0.39, 0.29) is 17.9 Å². The maximum atomic E-state index is 12.8. The topological polar surface area (TPSA) is 88.0 Å². The van der Waals surface area contributed by atoms with E-state index in [2.05, 4.69) is 32.1 Å². The molecule has 0 saturated carbocycles. The number of carbonyl (C=O) groups is 1. The highest BCUT2D eigenvalue weighted by Gasteiger charge is 2.31. The van der Waals surface area contributed by atoms with E-state index in [1.165, 1.54) is 6.08 Å². The van der Waals surface area contributed by atoms with Crippen LogP contribution in [0.5, 0.6) is 0 Å². The Bertz CT molecular complexity index is 1200. The summed E-state index contributed by atoms with van der Waals surface area (Å²) in [6, 6.07) is 3.86. The number of hydrogen-bond donors (Lipinski definition) is 2. The number of halogens is 3. The van der Waals surface area contributed by atoms with E-state index in [1.807, 2.05) is 30.7 Å². The van der Waals surface area contributed by atoms with Crippen molar-refractivity contribution in [2.24, 2.45) is 7.05 Å². The lowest BCUT2D eigenvalue weighted by Gasteiger charge is -2.33. The maximum absolute atomic E-state index is 12.8. The summed E-state index contributed by atoms with van der Waals surface area (Å²) in [5.74, 6) is 0.671. The monoisotopic (exact) mass is 473 g/mol. The van der Waals surface area contributed by atoms with Gasteiger partial charge in [-0.1, -0.05) is 13.5 Å². The van der Waals surface area contributed by atoms with Gasteiger partial charge < -0.3 is 20.1 Å². The number of aromatic nitrogens is 4. The number of fused-ring (bicyclic) bond motifs is 1. The van der Waals surface area contributed by atoms with Gasteiger partial charge >= 0.3 is 6.18 Å². The van der Waals surface area contributed by atoms with Crippen LogP contribution < -0.4 is 15.5 Å². The van der Waals surface area contributed by atoms with Crippen molar-refractivity contribution >= 4 is 34.5 Å². The largest absolute Gasteiger partial charge is 0.419 e. The van der Waals surface area contributed by atoms with Crippen LogP contribution >= 0.6 is 0 Å². The fraction of sp³-hybridized carbons (Fsp3) is 0.391. The molecule has 0 radical (unpaired) electrons. The molecule has 1 fully saturated rings. The number of piperidine rings is 1. The number of aryl methyl sites for hydroxylation is 2. The molecule has 2 aromatic heterocycles. The standard InChI is InChI=1S/C23H26F3N7O/c1-4-14-9-19-18(10-17(14)30-20(34)5-2)31-22(32(19)3)33-8-6-7-16(13-33)29-21-27-11-15(12-28-21)23(24,25)26/h5,9-12,16H,2,4,6-8,13H2,1,3H3,(H,30,34)(H,27,28,29)/t16-/m1/s1. The van der Waals surface area contributed by atoms with Gasteiger partial charge in [0.1, 0.15) is 0 Å². The third-order valence-corrected chi connectivity index (χ3v) is 5.92. The van der Waals surface area contributed by atoms with Crippen LogP contribution in [0.3, 0.4) is 0 Å². The van der Waals surface area contributed by atoms with E-state index < -0.39 is 11.7 Å². The molecule has 3 aromatic rings. The lowest BCUT2D eigenvalue weighted by Crippen LogP contribution is -2.43. The predicted octanol–water partition coefficient (Wildman–Crippen LogP) is 4.15. The molecule has 0 aliphatic carbocycles. The third-order valence-electron chi connectivity index (χ3n) is 5.92. The Morgan fingerprint density at radius 3 is 2.68 bits per heavy atom. The number of hydrogen-bond acceptors (Lipinski definition) is 6. The minimum absolute atomic E-state index is 0.0426. The van der Waals surface area contributed by atoms with Crippen LogP contribution in [0.1, 0.15) is 30.9 Å². The van der Waals surface area contributed by atoms with Crippen molar-refractivity contribution in [3.8, 4) is 0 Å². The normalized spacial score (nSPS) is 16.5. The molecule has 1 aliphatic heterocycles. The molecule has 1 amide bonds. The Hall–Kier alpha value is -3.63. The van der Waals surface area contributed by atoms with Gasteiger partial charge in [-0.2, -0.15) is 13.2 Å². The summed E-state index contributed by atoms with van der Waals surface area (Å²) in [6.07, 6.45) is 0.795. The highest BCUT2D eigenvalue weighted by Crippen LogP contribution is 2.30. The zero-order chi connectivity index (χ0) is 24.5. The number of amides is 1. The summed E-state index contributed by atoms with van der Waals surface area (Å²) in [4.78, 5) is 26.4. The van der Waals surface area contributed by atoms with Gasteiger partial charge in [0.15, 0.2) is 0 Å². The van der Waals surface area contributed by atoms with Crippen molar-refractivity contribution < 1.29 is 18.0 Å². The molecule has 1 saturated heterocycles. The zero-order valence-electron chi connectivity index (χ0n) is 19.0. The van der Waals surface area contributed by atoms with E-state index in [9.17, 15) is 18.0 Å². The summed E-state index contributed by atoms with van der Waals surface area (Å²) in [5.41, 5.74) is 2.54. The van der Waals surface area contributed by atoms with Crippen molar-refractivity contribution in [2.45, 2.75) is 38.4 Å². The first-order chi connectivity index (χ1) is 16.2. The second-order valence-corrected chi connectivity index (χ2v) is 8.24. The fourth-order valence-corrected chi connectivity index (χ4v) is 4.15. The number of alkyl halides is 3. The molecule has 4 rings (SSSR count). The average molecular weight is 474 g/mol. The second kappa shape index (κ2) is 9.32. The number of carbonyl (C=O) groups excluding carboxylic acids is 1. The van der Waals surface area contributed by atoms with Gasteiger partial charge in [0.25, 0.3) is 0 Å². The molecule has 1 aromatic carbocycles. The van der Waals surface area contributed by atoms with Gasteiger partial charge in [0.05, 0.1) is 16.6 Å². The van der Waals surface area contributed by atoms with Crippen molar-refractivity contribution in [3.05, 3.63) is 48.3 Å². The van der Waals surface area contributed by atoms with Gasteiger partial charge in [0, 0.05) is 44.3 Å². The molecule has 2 N–H and O–H groups in total. The first-order valence-electron chi connectivity index (χ1n) is 11.0. The van der Waals surface area contributed by atoms with Crippen LogP contribution in [0, 0.1) is 0 Å². The Labute approximate surface area is 194 Å². The predicted molar refractivity (Wildman–Crippen MR) is 125 cm³/mol. The Kier molecular flexibility index (Phi) is 6.45. The minimum Gasteiger partial charge on any atom is -0.350 e. The zero-order valence-corrected chi connectivity index (χ0v) is 19.0. The lowest BCUT2D eigenvalue weighted by molar-refractivity contribution is -0.138. The number of rotatable bonds is 6. The van der Waals surface area contributed by atoms with Crippen molar-refractivity contribution in [2.75, 3.05) is 28.6 Å². The highest BCUT2D eigenvalue weighted by atomic mass is 19.4. The molecular weight excluding hydrogens is 447 g/mol. The van der Waals surface area contributed by atoms with Crippen LogP contribution in [0.15, 0.2) is 37.2 Å². The van der Waals surface area contributed by atoms with E-state index in [0.29, 0.717) is 12.2 Å². The molecule has 1 atom stereocenters. The van der Waals surface area contributed by atoms with Gasteiger partial charge in [-0.3, -0.25) is 4.79 Å². The second-order valence-electron chi connectivity index (χ2n) is 8.24. The summed E-state index contributed by atoms with van der Waals surface area (Å²) >= 11 is 0. The molecule has 34 heavy (non-hydrogen) atoms. The van der Waals surface area contributed by atoms with Crippen LogP contribution in [0.4, 0.5) is 30.8 Å². The van der Waals surface area contributed by atoms with Gasteiger partial charge in [-0.05, 0) is 43.0 Å². The summed E-state index contributed by atoms with van der Waals surface area (Å²) in [6.45, 7) is 6.92. The summed E-state index contributed by atoms with van der Waals surface area (Å²) in [5, 5.41) is 5.99. The van der Waals surface area contributed by atoms with Crippen LogP contribution in [-0.2, 0) is 24.4 Å². The summed E-state index contributed by atoms with van der Waals surface area (Å²) in [7, 11) is 1.95. The van der Waals surface area contributed by atoms with Gasteiger partial charge in [-0.25, -0.2) is 15.0 Å². The molecule has 0 bridgehead atoms.